The van der Waals surface area contributed by atoms with Crippen LogP contribution in [0.5, 0.6) is 0 Å². The van der Waals surface area contributed by atoms with Crippen LogP contribution in [0, 0.1) is 5.82 Å². The van der Waals surface area contributed by atoms with Crippen molar-refractivity contribution in [2.24, 2.45) is 0 Å². The van der Waals surface area contributed by atoms with Crippen LogP contribution in [0.3, 0.4) is 0 Å². The highest BCUT2D eigenvalue weighted by Gasteiger charge is 2.20. The van der Waals surface area contributed by atoms with E-state index in [4.69, 9.17) is 11.6 Å². The van der Waals surface area contributed by atoms with Crippen LogP contribution in [0.2, 0.25) is 5.02 Å². The van der Waals surface area contributed by atoms with Gasteiger partial charge >= 0.3 is 0 Å². The Morgan fingerprint density at radius 3 is 2.41 bits per heavy atom. The van der Waals surface area contributed by atoms with Crippen molar-refractivity contribution in [1.29, 1.82) is 0 Å². The molecule has 138 valence electrons. The third-order valence-corrected chi connectivity index (χ3v) is 4.45. The summed E-state index contributed by atoms with van der Waals surface area (Å²) in [6.45, 7) is 1.88. The van der Waals surface area contributed by atoms with Crippen LogP contribution in [0.15, 0.2) is 73.1 Å². The van der Waals surface area contributed by atoms with Crippen molar-refractivity contribution in [3.63, 3.8) is 0 Å². The fourth-order valence-electron chi connectivity index (χ4n) is 2.89. The summed E-state index contributed by atoms with van der Waals surface area (Å²) in [7, 11) is 0. The molecule has 1 unspecified atom stereocenters. The van der Waals surface area contributed by atoms with Gasteiger partial charge in [-0.15, -0.1) is 0 Å². The molecule has 2 aromatic carbocycles. The SMILES string of the molecule is CC(=O)NC(CN(c1ccncc1)c1ccccc1Cl)c1ccc(F)cc1. The van der Waals surface area contributed by atoms with Gasteiger partial charge < -0.3 is 10.2 Å². The minimum atomic E-state index is -0.354. The molecule has 0 bridgehead atoms. The van der Waals surface area contributed by atoms with Gasteiger partial charge in [-0.1, -0.05) is 35.9 Å². The molecule has 1 N–H and O–H groups in total. The third-order valence-electron chi connectivity index (χ3n) is 4.13. The number of halogens is 2. The molecule has 6 heteroatoms. The van der Waals surface area contributed by atoms with Gasteiger partial charge in [0.25, 0.3) is 0 Å². The van der Waals surface area contributed by atoms with Crippen molar-refractivity contribution >= 4 is 28.9 Å². The number of carbonyl (C=O) groups excluding carboxylic acids is 1. The van der Waals surface area contributed by atoms with E-state index in [1.807, 2.05) is 41.3 Å². The van der Waals surface area contributed by atoms with E-state index in [-0.39, 0.29) is 17.8 Å². The first-order valence-corrected chi connectivity index (χ1v) is 8.87. The Hall–Kier alpha value is -2.92. The number of hydrogen-bond acceptors (Lipinski definition) is 3. The van der Waals surface area contributed by atoms with E-state index < -0.39 is 0 Å². The molecule has 3 aromatic rings. The Kier molecular flexibility index (Phi) is 6.04. The highest BCUT2D eigenvalue weighted by molar-refractivity contribution is 6.33. The van der Waals surface area contributed by atoms with Gasteiger partial charge in [0.05, 0.1) is 16.8 Å². The smallest absolute Gasteiger partial charge is 0.217 e. The van der Waals surface area contributed by atoms with Crippen molar-refractivity contribution in [1.82, 2.24) is 10.3 Å². The van der Waals surface area contributed by atoms with E-state index in [9.17, 15) is 9.18 Å². The molecule has 1 heterocycles. The number of rotatable bonds is 6. The standard InChI is InChI=1S/C21H19ClFN3O/c1-15(27)25-20(16-6-8-17(23)9-7-16)14-26(18-10-12-24-13-11-18)21-5-3-2-4-19(21)22/h2-13,20H,14H2,1H3,(H,25,27). The van der Waals surface area contributed by atoms with Crippen LogP contribution in [0.25, 0.3) is 0 Å². The molecule has 27 heavy (non-hydrogen) atoms. The molecule has 0 aliphatic rings. The van der Waals surface area contributed by atoms with E-state index in [1.54, 1.807) is 24.5 Å². The number of hydrogen-bond donors (Lipinski definition) is 1. The summed E-state index contributed by atoms with van der Waals surface area (Å²) in [5.74, 6) is -0.490. The van der Waals surface area contributed by atoms with E-state index in [0.717, 1.165) is 16.9 Å². The molecule has 0 radical (unpaired) electrons. The van der Waals surface area contributed by atoms with Crippen LogP contribution in [-0.2, 0) is 4.79 Å². The van der Waals surface area contributed by atoms with E-state index in [0.29, 0.717) is 11.6 Å². The maximum atomic E-state index is 13.3. The fourth-order valence-corrected chi connectivity index (χ4v) is 3.13. The lowest BCUT2D eigenvalue weighted by atomic mass is 10.1. The van der Waals surface area contributed by atoms with Crippen LogP contribution < -0.4 is 10.2 Å². The summed E-state index contributed by atoms with van der Waals surface area (Å²) in [5, 5.41) is 3.54. The minimum Gasteiger partial charge on any atom is -0.348 e. The van der Waals surface area contributed by atoms with Crippen molar-refractivity contribution in [3.05, 3.63) is 89.5 Å². The predicted octanol–water partition coefficient (Wildman–Crippen LogP) is 4.89. The van der Waals surface area contributed by atoms with Crippen molar-refractivity contribution < 1.29 is 9.18 Å². The molecule has 4 nitrogen and oxygen atoms in total. The number of aromatic nitrogens is 1. The van der Waals surface area contributed by atoms with Gasteiger partial charge in [0.2, 0.25) is 5.91 Å². The predicted molar refractivity (Wildman–Crippen MR) is 106 cm³/mol. The molecular weight excluding hydrogens is 365 g/mol. The average Bonchev–Trinajstić information content (AvgIpc) is 2.67. The summed E-state index contributed by atoms with van der Waals surface area (Å²) in [6, 6.07) is 17.0. The van der Waals surface area contributed by atoms with Gasteiger partial charge in [-0.25, -0.2) is 4.39 Å². The second-order valence-corrected chi connectivity index (χ2v) is 6.48. The van der Waals surface area contributed by atoms with E-state index >= 15 is 0 Å². The minimum absolute atomic E-state index is 0.168. The zero-order valence-electron chi connectivity index (χ0n) is 14.8. The zero-order valence-corrected chi connectivity index (χ0v) is 15.5. The summed E-state index contributed by atoms with van der Waals surface area (Å²) < 4.78 is 13.3. The highest BCUT2D eigenvalue weighted by Crippen LogP contribution is 2.33. The fraction of sp³-hybridized carbons (Fsp3) is 0.143. The molecule has 1 amide bonds. The van der Waals surface area contributed by atoms with Gasteiger partial charge in [-0.3, -0.25) is 9.78 Å². The molecule has 0 saturated carbocycles. The van der Waals surface area contributed by atoms with Gasteiger partial charge in [-0.2, -0.15) is 0 Å². The maximum Gasteiger partial charge on any atom is 0.217 e. The molecule has 0 saturated heterocycles. The van der Waals surface area contributed by atoms with Gasteiger partial charge in [-0.05, 0) is 42.0 Å². The Morgan fingerprint density at radius 1 is 1.11 bits per heavy atom. The molecule has 0 aliphatic heterocycles. The molecule has 1 aromatic heterocycles. The van der Waals surface area contributed by atoms with Gasteiger partial charge in [0, 0.05) is 31.5 Å². The lowest BCUT2D eigenvalue weighted by Gasteiger charge is -2.30. The number of anilines is 2. The monoisotopic (exact) mass is 383 g/mol. The van der Waals surface area contributed by atoms with Crippen LogP contribution in [-0.4, -0.2) is 17.4 Å². The largest absolute Gasteiger partial charge is 0.348 e. The average molecular weight is 384 g/mol. The number of benzene rings is 2. The Morgan fingerprint density at radius 2 is 1.78 bits per heavy atom. The number of nitrogens with one attached hydrogen (secondary N) is 1. The highest BCUT2D eigenvalue weighted by atomic mass is 35.5. The van der Waals surface area contributed by atoms with Crippen molar-refractivity contribution in [2.75, 3.05) is 11.4 Å². The lowest BCUT2D eigenvalue weighted by Crippen LogP contribution is -2.35. The summed E-state index contributed by atoms with van der Waals surface area (Å²) in [6.07, 6.45) is 3.40. The second-order valence-electron chi connectivity index (χ2n) is 6.07. The normalized spacial score (nSPS) is 11.7. The summed E-state index contributed by atoms with van der Waals surface area (Å²) in [4.78, 5) is 17.9. The summed E-state index contributed by atoms with van der Waals surface area (Å²) >= 11 is 6.43. The zero-order chi connectivity index (χ0) is 19.2. The number of pyridine rings is 1. The number of para-hydroxylation sites is 1. The maximum absolute atomic E-state index is 13.3. The quantitative estimate of drug-likeness (QED) is 0.659. The topological polar surface area (TPSA) is 45.2 Å². The number of amides is 1. The molecule has 0 aliphatic carbocycles. The number of carbonyl (C=O) groups is 1. The van der Waals surface area contributed by atoms with Crippen LogP contribution in [0.4, 0.5) is 15.8 Å². The second kappa shape index (κ2) is 8.64. The van der Waals surface area contributed by atoms with Crippen LogP contribution >= 0.6 is 11.6 Å². The first-order chi connectivity index (χ1) is 13.0. The molecule has 1 atom stereocenters. The third kappa shape index (κ3) is 4.83. The first-order valence-electron chi connectivity index (χ1n) is 8.49. The van der Waals surface area contributed by atoms with Crippen molar-refractivity contribution in [3.8, 4) is 0 Å². The Labute approximate surface area is 162 Å². The van der Waals surface area contributed by atoms with Gasteiger partial charge in [0.15, 0.2) is 0 Å². The molecule has 0 spiro atoms. The molecule has 0 fully saturated rings. The lowest BCUT2D eigenvalue weighted by molar-refractivity contribution is -0.119. The molecule has 3 rings (SSSR count). The number of nitrogens with zero attached hydrogens (tertiary/aromatic N) is 2. The van der Waals surface area contributed by atoms with Crippen LogP contribution in [0.1, 0.15) is 18.5 Å². The van der Waals surface area contributed by atoms with E-state index in [2.05, 4.69) is 10.3 Å². The Bertz CT molecular complexity index is 903. The summed E-state index contributed by atoms with van der Waals surface area (Å²) in [5.41, 5.74) is 2.50. The first kappa shape index (κ1) is 18.9. The van der Waals surface area contributed by atoms with E-state index in [1.165, 1.54) is 19.1 Å². The van der Waals surface area contributed by atoms with Gasteiger partial charge in [0.1, 0.15) is 5.82 Å². The Balaban J connectivity index is 2.01. The molecular formula is C21H19ClFN3O. The van der Waals surface area contributed by atoms with Crippen molar-refractivity contribution in [2.45, 2.75) is 13.0 Å².